The second kappa shape index (κ2) is 6.28. The third kappa shape index (κ3) is 2.77. The van der Waals surface area contributed by atoms with Gasteiger partial charge >= 0.3 is 0 Å². The molecule has 1 fully saturated rings. The zero-order valence-corrected chi connectivity index (χ0v) is 13.1. The lowest BCUT2D eigenvalue weighted by Gasteiger charge is -2.35. The van der Waals surface area contributed by atoms with Gasteiger partial charge in [-0.25, -0.2) is 9.97 Å². The van der Waals surface area contributed by atoms with Crippen molar-refractivity contribution in [1.82, 2.24) is 9.97 Å². The number of aryl methyl sites for hydroxylation is 1. The molecule has 0 atom stereocenters. The molecule has 0 amide bonds. The minimum absolute atomic E-state index is 0.366. The summed E-state index contributed by atoms with van der Waals surface area (Å²) in [5.74, 6) is 1.87. The van der Waals surface area contributed by atoms with Crippen molar-refractivity contribution in [3.8, 4) is 0 Å². The van der Waals surface area contributed by atoms with Gasteiger partial charge in [0.05, 0.1) is 0 Å². The number of ether oxygens (including phenoxy) is 2. The summed E-state index contributed by atoms with van der Waals surface area (Å²) in [5, 5.41) is 3.41. The molecule has 1 aromatic rings. The Morgan fingerprint density at radius 1 is 1.19 bits per heavy atom. The predicted molar refractivity (Wildman–Crippen MR) is 81.6 cm³/mol. The van der Waals surface area contributed by atoms with E-state index in [1.54, 1.807) is 0 Å². The Balaban J connectivity index is 2.01. The van der Waals surface area contributed by atoms with Crippen LogP contribution in [0.15, 0.2) is 0 Å². The third-order valence-corrected chi connectivity index (χ3v) is 4.41. The van der Waals surface area contributed by atoms with E-state index < -0.39 is 0 Å². The minimum atomic E-state index is -0.366. The normalized spacial score (nSPS) is 20.3. The van der Waals surface area contributed by atoms with Crippen molar-refractivity contribution in [3.63, 3.8) is 0 Å². The summed E-state index contributed by atoms with van der Waals surface area (Å²) in [5.41, 5.74) is 2.15. The van der Waals surface area contributed by atoms with E-state index in [0.29, 0.717) is 6.61 Å². The zero-order chi connectivity index (χ0) is 14.7. The maximum absolute atomic E-state index is 6.12. The molecule has 5 heteroatoms. The highest BCUT2D eigenvalue weighted by Crippen LogP contribution is 2.37. The average Bonchev–Trinajstić information content (AvgIpc) is 2.97. The highest BCUT2D eigenvalue weighted by atomic mass is 16.5. The van der Waals surface area contributed by atoms with E-state index in [0.717, 1.165) is 57.1 Å². The standard InChI is InChI=1S/C16H25N3O2/c1-3-17-14-12-6-5-7-13(12)18-15(19-14)16(21-4-2)8-10-20-11-9-16/h3-11H2,1-2H3,(H,17,18,19). The van der Waals surface area contributed by atoms with Crippen molar-refractivity contribution in [2.45, 2.75) is 51.6 Å². The molecule has 0 unspecified atom stereocenters. The number of nitrogens with zero attached hydrogens (tertiary/aromatic N) is 2. The molecule has 0 bridgehead atoms. The van der Waals surface area contributed by atoms with Gasteiger partial charge in [0.15, 0.2) is 5.82 Å². The fraction of sp³-hybridized carbons (Fsp3) is 0.750. The Morgan fingerprint density at radius 3 is 2.71 bits per heavy atom. The number of hydrogen-bond acceptors (Lipinski definition) is 5. The number of fused-ring (bicyclic) bond motifs is 1. The number of aromatic nitrogens is 2. The number of rotatable bonds is 5. The van der Waals surface area contributed by atoms with Crippen LogP contribution in [0.4, 0.5) is 5.82 Å². The van der Waals surface area contributed by atoms with Crippen LogP contribution in [0.2, 0.25) is 0 Å². The Labute approximate surface area is 126 Å². The molecular weight excluding hydrogens is 266 g/mol. The maximum atomic E-state index is 6.12. The summed E-state index contributed by atoms with van der Waals surface area (Å²) in [4.78, 5) is 9.72. The molecule has 1 aliphatic carbocycles. The molecule has 3 rings (SSSR count). The number of nitrogens with one attached hydrogen (secondary N) is 1. The lowest BCUT2D eigenvalue weighted by molar-refractivity contribution is -0.117. The smallest absolute Gasteiger partial charge is 0.163 e. The molecule has 0 spiro atoms. The summed E-state index contributed by atoms with van der Waals surface area (Å²) in [6, 6.07) is 0. The predicted octanol–water partition coefficient (Wildman–Crippen LogP) is 2.44. The molecule has 116 valence electrons. The van der Waals surface area contributed by atoms with Crippen LogP contribution in [0.1, 0.15) is 50.2 Å². The second-order valence-corrected chi connectivity index (χ2v) is 5.74. The van der Waals surface area contributed by atoms with Crippen LogP contribution >= 0.6 is 0 Å². The molecule has 2 heterocycles. The first kappa shape index (κ1) is 14.7. The molecule has 1 aliphatic heterocycles. The summed E-state index contributed by atoms with van der Waals surface area (Å²) < 4.78 is 11.6. The summed E-state index contributed by atoms with van der Waals surface area (Å²) in [6.45, 7) is 7.14. The largest absolute Gasteiger partial charge is 0.381 e. The maximum Gasteiger partial charge on any atom is 0.163 e. The van der Waals surface area contributed by atoms with Crippen LogP contribution in [-0.2, 0) is 27.9 Å². The van der Waals surface area contributed by atoms with E-state index in [1.807, 2.05) is 6.92 Å². The minimum Gasteiger partial charge on any atom is -0.381 e. The highest BCUT2D eigenvalue weighted by molar-refractivity contribution is 5.49. The fourth-order valence-electron chi connectivity index (χ4n) is 3.36. The van der Waals surface area contributed by atoms with E-state index in [-0.39, 0.29) is 5.60 Å². The van der Waals surface area contributed by atoms with Gasteiger partial charge in [-0.3, -0.25) is 0 Å². The lowest BCUT2D eigenvalue weighted by Crippen LogP contribution is -2.38. The molecule has 0 radical (unpaired) electrons. The third-order valence-electron chi connectivity index (χ3n) is 4.41. The van der Waals surface area contributed by atoms with Crippen molar-refractivity contribution >= 4 is 5.82 Å². The van der Waals surface area contributed by atoms with Crippen LogP contribution in [-0.4, -0.2) is 36.3 Å². The number of anilines is 1. The van der Waals surface area contributed by atoms with E-state index >= 15 is 0 Å². The van der Waals surface area contributed by atoms with Crippen molar-refractivity contribution in [1.29, 1.82) is 0 Å². The molecule has 1 aromatic heterocycles. The summed E-state index contributed by atoms with van der Waals surface area (Å²) in [7, 11) is 0. The SMILES string of the molecule is CCNc1nc(C2(OCC)CCOCC2)nc2c1CCC2. The fourth-order valence-corrected chi connectivity index (χ4v) is 3.36. The van der Waals surface area contributed by atoms with Crippen LogP contribution < -0.4 is 5.32 Å². The first-order valence-electron chi connectivity index (χ1n) is 8.15. The van der Waals surface area contributed by atoms with Gasteiger partial charge in [-0.05, 0) is 33.1 Å². The molecule has 0 saturated carbocycles. The first-order valence-corrected chi connectivity index (χ1v) is 8.15. The zero-order valence-electron chi connectivity index (χ0n) is 13.1. The van der Waals surface area contributed by atoms with Gasteiger partial charge in [-0.2, -0.15) is 0 Å². The molecular formula is C16H25N3O2. The van der Waals surface area contributed by atoms with Gasteiger partial charge in [-0.15, -0.1) is 0 Å². The van der Waals surface area contributed by atoms with E-state index in [1.165, 1.54) is 17.7 Å². The quantitative estimate of drug-likeness (QED) is 0.903. The average molecular weight is 291 g/mol. The van der Waals surface area contributed by atoms with E-state index in [4.69, 9.17) is 19.4 Å². The van der Waals surface area contributed by atoms with Gasteiger partial charge in [0.25, 0.3) is 0 Å². The molecule has 2 aliphatic rings. The van der Waals surface area contributed by atoms with Crippen molar-refractivity contribution in [2.75, 3.05) is 31.7 Å². The highest BCUT2D eigenvalue weighted by Gasteiger charge is 2.39. The first-order chi connectivity index (χ1) is 10.3. The van der Waals surface area contributed by atoms with Crippen molar-refractivity contribution in [2.24, 2.45) is 0 Å². The van der Waals surface area contributed by atoms with Gasteiger partial charge < -0.3 is 14.8 Å². The van der Waals surface area contributed by atoms with Crippen molar-refractivity contribution in [3.05, 3.63) is 17.1 Å². The molecule has 21 heavy (non-hydrogen) atoms. The number of hydrogen-bond donors (Lipinski definition) is 1. The van der Waals surface area contributed by atoms with Gasteiger partial charge in [0.1, 0.15) is 11.4 Å². The summed E-state index contributed by atoms with van der Waals surface area (Å²) in [6.07, 6.45) is 5.00. The second-order valence-electron chi connectivity index (χ2n) is 5.74. The van der Waals surface area contributed by atoms with Gasteiger partial charge in [0.2, 0.25) is 0 Å². The van der Waals surface area contributed by atoms with Crippen LogP contribution in [0.5, 0.6) is 0 Å². The van der Waals surface area contributed by atoms with Gasteiger partial charge in [0, 0.05) is 50.5 Å². The van der Waals surface area contributed by atoms with Crippen LogP contribution in [0.25, 0.3) is 0 Å². The Morgan fingerprint density at radius 2 is 2.00 bits per heavy atom. The molecule has 5 nitrogen and oxygen atoms in total. The monoisotopic (exact) mass is 291 g/mol. The lowest BCUT2D eigenvalue weighted by atomic mass is 9.92. The van der Waals surface area contributed by atoms with Crippen LogP contribution in [0.3, 0.4) is 0 Å². The Hall–Kier alpha value is -1.20. The summed E-state index contributed by atoms with van der Waals surface area (Å²) >= 11 is 0. The van der Waals surface area contributed by atoms with Gasteiger partial charge in [-0.1, -0.05) is 0 Å². The topological polar surface area (TPSA) is 56.3 Å². The van der Waals surface area contributed by atoms with Crippen LogP contribution in [0, 0.1) is 0 Å². The van der Waals surface area contributed by atoms with E-state index in [9.17, 15) is 0 Å². The molecule has 1 N–H and O–H groups in total. The van der Waals surface area contributed by atoms with Crippen molar-refractivity contribution < 1.29 is 9.47 Å². The molecule has 0 aromatic carbocycles. The Bertz CT molecular complexity index is 493. The van der Waals surface area contributed by atoms with E-state index in [2.05, 4.69) is 12.2 Å². The Kier molecular flexibility index (Phi) is 4.40. The molecule has 1 saturated heterocycles.